The molecule has 16 bridgehead atoms. The van der Waals surface area contributed by atoms with Gasteiger partial charge in [0.2, 0.25) is 0 Å². The molecule has 0 unspecified atom stereocenters. The highest BCUT2D eigenvalue weighted by Gasteiger charge is 2.10. The van der Waals surface area contributed by atoms with Crippen molar-refractivity contribution >= 4 is 0 Å². The molecule has 376 valence electrons. The molecule has 8 aliphatic heterocycles. The molecule has 0 spiro atoms. The zero-order valence-corrected chi connectivity index (χ0v) is 42.5. The highest BCUT2D eigenvalue weighted by Crippen LogP contribution is 2.26. The zero-order chi connectivity index (χ0) is 49.5. The first-order valence-electron chi connectivity index (χ1n) is 26.9. The van der Waals surface area contributed by atoms with Gasteiger partial charge in [-0.1, -0.05) is 135 Å². The van der Waals surface area contributed by atoms with Crippen molar-refractivity contribution in [1.29, 1.82) is 0 Å². The molecular formula is C64H71N5O4. The molecular weight excluding hydrogens is 903 g/mol. The maximum atomic E-state index is 6.08. The normalized spacial score (nSPS) is 15.6. The van der Waals surface area contributed by atoms with Gasteiger partial charge in [-0.25, -0.2) is 9.67 Å². The molecule has 8 aromatic rings. The smallest absolute Gasteiger partial charge is 0.121 e. The maximum absolute atomic E-state index is 6.08. The summed E-state index contributed by atoms with van der Waals surface area (Å²) >= 11 is 0. The Kier molecular flexibility index (Phi) is 19.3. The Hall–Kier alpha value is -7.10. The summed E-state index contributed by atoms with van der Waals surface area (Å²) in [5.41, 5.74) is 13.2. The van der Waals surface area contributed by atoms with E-state index in [0.29, 0.717) is 19.8 Å². The summed E-state index contributed by atoms with van der Waals surface area (Å²) < 4.78 is 25.7. The second-order valence-electron chi connectivity index (χ2n) is 19.4. The lowest BCUT2D eigenvalue weighted by Gasteiger charge is -2.10. The zero-order valence-electron chi connectivity index (χ0n) is 42.5. The monoisotopic (exact) mass is 974 g/mol. The number of ether oxygens (including phenoxy) is 4. The van der Waals surface area contributed by atoms with E-state index in [0.717, 1.165) is 115 Å². The largest absolute Gasteiger partial charge is 0.494 e. The van der Waals surface area contributed by atoms with Crippen LogP contribution in [-0.2, 0) is 50.2 Å². The fourth-order valence-electron chi connectivity index (χ4n) is 9.36. The van der Waals surface area contributed by atoms with Crippen molar-refractivity contribution in [3.8, 4) is 45.6 Å². The first kappa shape index (κ1) is 50.8. The van der Waals surface area contributed by atoms with Gasteiger partial charge in [0.1, 0.15) is 29.5 Å². The minimum Gasteiger partial charge on any atom is -0.494 e. The summed E-state index contributed by atoms with van der Waals surface area (Å²) in [6.07, 6.45) is 22.2. The van der Waals surface area contributed by atoms with Gasteiger partial charge in [-0.2, -0.15) is 0 Å². The number of aromatic nitrogens is 5. The fourth-order valence-corrected chi connectivity index (χ4v) is 9.36. The third kappa shape index (κ3) is 16.5. The molecule has 9 nitrogen and oxygen atoms in total. The van der Waals surface area contributed by atoms with E-state index in [1.54, 1.807) is 4.68 Å². The van der Waals surface area contributed by atoms with E-state index in [2.05, 4.69) is 113 Å². The number of hydrogen-bond acceptors (Lipinski definition) is 8. The summed E-state index contributed by atoms with van der Waals surface area (Å²) in [5.74, 6) is 2.68. The number of rotatable bonds is 0. The van der Waals surface area contributed by atoms with Gasteiger partial charge >= 0.3 is 0 Å². The third-order valence-electron chi connectivity index (χ3n) is 13.6. The fraction of sp³-hybridized carbons (Fsp3) is 0.344. The molecule has 0 aliphatic carbocycles. The van der Waals surface area contributed by atoms with Gasteiger partial charge in [0.05, 0.1) is 55.4 Å². The first-order valence-corrected chi connectivity index (χ1v) is 26.9. The van der Waals surface area contributed by atoms with Gasteiger partial charge in [0.25, 0.3) is 0 Å². The van der Waals surface area contributed by atoms with Crippen molar-refractivity contribution in [2.24, 2.45) is 0 Å². The number of benzene rings is 5. The van der Waals surface area contributed by atoms with Crippen molar-refractivity contribution in [3.05, 3.63) is 203 Å². The second-order valence-corrected chi connectivity index (χ2v) is 19.4. The van der Waals surface area contributed by atoms with Crippen molar-refractivity contribution < 1.29 is 18.9 Å². The van der Waals surface area contributed by atoms with Crippen LogP contribution in [0.2, 0.25) is 0 Å². The average molecular weight is 974 g/mol. The standard InChI is InChI=1S/C32H37N3O2.C32H34N2O2/c1-2-4-6-9-26-13-17-28(18-14-26)23-36-25-30-22-35(34-33-30)31-11-8-12-32(21-31)37-24-29-19-15-27(16-20-29)10-7-5-3-1;1-2-4-23-35-28-19-15-25(16-20-28)9-6-10-27-11-7-13-31(33-27)32-14-8-12-30(34-32)26-17-21-29(22-18-26)36-24-5-3-1/h8,11-22H,1-7,9-10,23-25H2;7-8,11-22H,1-6,9-10,23-24H2. The van der Waals surface area contributed by atoms with E-state index in [1.807, 2.05) is 60.8 Å². The van der Waals surface area contributed by atoms with Gasteiger partial charge in [-0.05, 0) is 158 Å². The third-order valence-corrected chi connectivity index (χ3v) is 13.6. The van der Waals surface area contributed by atoms with E-state index in [-0.39, 0.29) is 0 Å². The van der Waals surface area contributed by atoms with Crippen LogP contribution in [0.3, 0.4) is 0 Å². The topological polar surface area (TPSA) is 93.4 Å². The molecule has 0 radical (unpaired) electrons. The lowest BCUT2D eigenvalue weighted by Crippen LogP contribution is -1.99. The van der Waals surface area contributed by atoms with Crippen molar-refractivity contribution in [2.75, 3.05) is 13.2 Å². The Bertz CT molecular complexity index is 2860. The van der Waals surface area contributed by atoms with Gasteiger partial charge < -0.3 is 18.9 Å². The highest BCUT2D eigenvalue weighted by atomic mass is 16.5. The lowest BCUT2D eigenvalue weighted by molar-refractivity contribution is 0.104. The Balaban J connectivity index is 0.000000180. The summed E-state index contributed by atoms with van der Waals surface area (Å²) in [7, 11) is 0. The van der Waals surface area contributed by atoms with Crippen LogP contribution in [-0.4, -0.2) is 38.2 Å². The molecule has 11 heterocycles. The minimum atomic E-state index is 0.425. The SMILES string of the molecule is c1cc2cc(c1)-n1cc(nn1)COCc1ccc(cc1)CCCCCCCCCc1ccc(cc1)CO2.c1cc2nc(c1)-c1cccc(n1)-c1ccc(cc1)OCCCCCCCOc1ccc(cc1)CCC2. The van der Waals surface area contributed by atoms with Gasteiger partial charge in [0.15, 0.2) is 0 Å². The van der Waals surface area contributed by atoms with E-state index < -0.39 is 0 Å². The van der Waals surface area contributed by atoms with Gasteiger partial charge in [0, 0.05) is 17.3 Å². The van der Waals surface area contributed by atoms with Crippen LogP contribution >= 0.6 is 0 Å². The molecule has 9 heteroatoms. The maximum Gasteiger partial charge on any atom is 0.121 e. The Morgan fingerprint density at radius 2 is 0.877 bits per heavy atom. The van der Waals surface area contributed by atoms with E-state index in [1.165, 1.54) is 92.0 Å². The molecule has 5 aromatic carbocycles. The van der Waals surface area contributed by atoms with Crippen LogP contribution in [0.4, 0.5) is 0 Å². The van der Waals surface area contributed by atoms with Crippen molar-refractivity contribution in [3.63, 3.8) is 0 Å². The van der Waals surface area contributed by atoms with Crippen LogP contribution in [0.1, 0.15) is 123 Å². The quantitative estimate of drug-likeness (QED) is 0.148. The Labute approximate surface area is 433 Å². The molecule has 0 N–H and O–H groups in total. The van der Waals surface area contributed by atoms with E-state index >= 15 is 0 Å². The second kappa shape index (κ2) is 27.6. The van der Waals surface area contributed by atoms with Crippen LogP contribution in [0.5, 0.6) is 17.2 Å². The highest BCUT2D eigenvalue weighted by molar-refractivity contribution is 5.65. The summed E-state index contributed by atoms with van der Waals surface area (Å²) in [5, 5.41) is 8.57. The Morgan fingerprint density at radius 1 is 0.356 bits per heavy atom. The molecule has 0 saturated heterocycles. The summed E-state index contributed by atoms with van der Waals surface area (Å²) in [6.45, 7) is 3.06. The van der Waals surface area contributed by atoms with Gasteiger partial charge in [-0.3, -0.25) is 4.98 Å². The number of nitrogens with zero attached hydrogens (tertiary/aromatic N) is 5. The lowest BCUT2D eigenvalue weighted by atomic mass is 10.0. The molecule has 8 aliphatic rings. The number of pyridine rings is 2. The van der Waals surface area contributed by atoms with E-state index in [9.17, 15) is 0 Å². The number of aryl methyl sites for hydroxylation is 4. The molecule has 16 rings (SSSR count). The predicted molar refractivity (Wildman–Crippen MR) is 292 cm³/mol. The van der Waals surface area contributed by atoms with E-state index in [4.69, 9.17) is 28.9 Å². The van der Waals surface area contributed by atoms with Crippen LogP contribution in [0, 0.1) is 0 Å². The van der Waals surface area contributed by atoms with Crippen molar-refractivity contribution in [1.82, 2.24) is 25.0 Å². The van der Waals surface area contributed by atoms with Crippen molar-refractivity contribution in [2.45, 2.75) is 129 Å². The Morgan fingerprint density at radius 3 is 1.55 bits per heavy atom. The molecule has 0 amide bonds. The molecule has 0 fully saturated rings. The van der Waals surface area contributed by atoms with Crippen LogP contribution in [0.25, 0.3) is 28.3 Å². The molecule has 73 heavy (non-hydrogen) atoms. The van der Waals surface area contributed by atoms with Crippen LogP contribution in [0.15, 0.2) is 164 Å². The van der Waals surface area contributed by atoms with Gasteiger partial charge in [-0.15, -0.1) is 5.10 Å². The molecule has 3 aromatic heterocycles. The predicted octanol–water partition coefficient (Wildman–Crippen LogP) is 15.1. The van der Waals surface area contributed by atoms with Crippen LogP contribution < -0.4 is 14.2 Å². The number of hydrogen-bond donors (Lipinski definition) is 0. The average Bonchev–Trinajstić information content (AvgIpc) is 3.92. The summed E-state index contributed by atoms with van der Waals surface area (Å²) in [4.78, 5) is 9.83. The minimum absolute atomic E-state index is 0.425. The molecule has 0 saturated carbocycles. The summed E-state index contributed by atoms with van der Waals surface area (Å²) in [6, 6.07) is 54.8. The molecule has 0 atom stereocenters. The first-order chi connectivity index (χ1) is 36.1.